The molecule has 0 radical (unpaired) electrons. The molecule has 3 aromatic rings. The van der Waals surface area contributed by atoms with E-state index in [0.717, 1.165) is 23.2 Å². The Morgan fingerprint density at radius 3 is 2.28 bits per heavy atom. The number of benzene rings is 1. The van der Waals surface area contributed by atoms with E-state index in [2.05, 4.69) is 28.5 Å². The summed E-state index contributed by atoms with van der Waals surface area (Å²) in [6.45, 7) is 12.5. The van der Waals surface area contributed by atoms with Crippen molar-refractivity contribution in [1.82, 2.24) is 14.7 Å². The Labute approximate surface area is 212 Å². The van der Waals surface area contributed by atoms with Gasteiger partial charge in [0.25, 0.3) is 15.9 Å². The number of anilines is 2. The van der Waals surface area contributed by atoms with Gasteiger partial charge in [0.2, 0.25) is 5.88 Å². The van der Waals surface area contributed by atoms with Crippen LogP contribution in [0.1, 0.15) is 46.5 Å². The van der Waals surface area contributed by atoms with E-state index in [0.29, 0.717) is 23.0 Å². The maximum absolute atomic E-state index is 13.3. The van der Waals surface area contributed by atoms with Crippen molar-refractivity contribution in [3.05, 3.63) is 64.2 Å². The third-order valence-corrected chi connectivity index (χ3v) is 6.68. The number of aryl methyl sites for hydroxylation is 4. The van der Waals surface area contributed by atoms with Crippen molar-refractivity contribution in [2.24, 2.45) is 5.92 Å². The second-order valence-corrected chi connectivity index (χ2v) is 11.1. The first-order valence-corrected chi connectivity index (χ1v) is 13.0. The first kappa shape index (κ1) is 26.9. The monoisotopic (exact) mass is 511 g/mol. The van der Waals surface area contributed by atoms with Crippen LogP contribution in [0.15, 0.2) is 41.4 Å². The maximum Gasteiger partial charge on any atom is 0.281 e. The highest BCUT2D eigenvalue weighted by Gasteiger charge is 2.26. The minimum Gasteiger partial charge on any atom is -0.438 e. The molecule has 192 valence electrons. The third kappa shape index (κ3) is 6.12. The van der Waals surface area contributed by atoms with Crippen LogP contribution in [-0.2, 0) is 10.0 Å². The number of rotatable bonds is 8. The topological polar surface area (TPSA) is 128 Å². The van der Waals surface area contributed by atoms with Gasteiger partial charge in [-0.3, -0.25) is 4.79 Å². The van der Waals surface area contributed by atoms with Crippen molar-refractivity contribution in [2.45, 2.75) is 46.6 Å². The summed E-state index contributed by atoms with van der Waals surface area (Å²) in [5.41, 5.74) is 9.13. The zero-order valence-corrected chi connectivity index (χ0v) is 22.5. The number of nitrogens with two attached hydrogens (primary N) is 1. The minimum atomic E-state index is -4.28. The zero-order valence-electron chi connectivity index (χ0n) is 21.7. The maximum atomic E-state index is 13.3. The molecule has 0 bridgehead atoms. The quantitative estimate of drug-likeness (QED) is 0.458. The molecule has 2 aromatic heterocycles. The van der Waals surface area contributed by atoms with E-state index in [1.165, 1.54) is 18.2 Å². The van der Waals surface area contributed by atoms with E-state index >= 15 is 0 Å². The van der Waals surface area contributed by atoms with Crippen molar-refractivity contribution in [2.75, 3.05) is 24.2 Å². The summed E-state index contributed by atoms with van der Waals surface area (Å²) in [5.74, 6) is 0.720. The summed E-state index contributed by atoms with van der Waals surface area (Å²) >= 11 is 0. The molecule has 0 aliphatic carbocycles. The summed E-state index contributed by atoms with van der Waals surface area (Å²) in [6, 6.07) is 9.69. The second-order valence-electron chi connectivity index (χ2n) is 9.42. The fourth-order valence-electron chi connectivity index (χ4n) is 4.08. The predicted molar refractivity (Wildman–Crippen MR) is 141 cm³/mol. The average molecular weight is 512 g/mol. The van der Waals surface area contributed by atoms with Crippen LogP contribution in [0.3, 0.4) is 0 Å². The molecule has 1 amide bonds. The van der Waals surface area contributed by atoms with Crippen LogP contribution in [0.4, 0.5) is 11.6 Å². The molecule has 0 unspecified atom stereocenters. The average Bonchev–Trinajstić information content (AvgIpc) is 2.75. The first-order valence-electron chi connectivity index (χ1n) is 11.6. The van der Waals surface area contributed by atoms with Crippen LogP contribution in [-0.4, -0.2) is 37.9 Å². The number of nitrogens with one attached hydrogen (secondary N) is 1. The highest BCUT2D eigenvalue weighted by molar-refractivity contribution is 7.90. The third-order valence-electron chi connectivity index (χ3n) is 5.45. The van der Waals surface area contributed by atoms with Crippen LogP contribution in [0.25, 0.3) is 0 Å². The van der Waals surface area contributed by atoms with E-state index in [9.17, 15) is 13.2 Å². The number of carbonyl (C=O) groups is 1. The number of ether oxygens (including phenoxy) is 1. The molecule has 0 saturated heterocycles. The van der Waals surface area contributed by atoms with Gasteiger partial charge in [0, 0.05) is 13.6 Å². The summed E-state index contributed by atoms with van der Waals surface area (Å²) in [5, 5.41) is -0.360. The van der Waals surface area contributed by atoms with Crippen molar-refractivity contribution in [3.63, 3.8) is 0 Å². The highest BCUT2D eigenvalue weighted by Crippen LogP contribution is 2.33. The molecule has 1 aromatic carbocycles. The van der Waals surface area contributed by atoms with Gasteiger partial charge in [0.1, 0.15) is 22.9 Å². The smallest absolute Gasteiger partial charge is 0.281 e. The molecule has 3 N–H and O–H groups in total. The highest BCUT2D eigenvalue weighted by atomic mass is 32.2. The number of aromatic nitrogens is 2. The molecule has 3 rings (SSSR count). The lowest BCUT2D eigenvalue weighted by Crippen LogP contribution is -2.32. The molecular formula is C26H33N5O4S. The van der Waals surface area contributed by atoms with Crippen LogP contribution >= 0.6 is 0 Å². The molecular weight excluding hydrogens is 478 g/mol. The first-order chi connectivity index (χ1) is 16.8. The zero-order chi connectivity index (χ0) is 26.8. The Kier molecular flexibility index (Phi) is 7.88. The molecule has 0 aliphatic rings. The molecule has 0 saturated carbocycles. The number of hydrogen-bond donors (Lipinski definition) is 2. The van der Waals surface area contributed by atoms with E-state index in [1.807, 2.05) is 51.8 Å². The van der Waals surface area contributed by atoms with Crippen LogP contribution < -0.4 is 20.1 Å². The van der Waals surface area contributed by atoms with Gasteiger partial charge < -0.3 is 15.4 Å². The lowest BCUT2D eigenvalue weighted by molar-refractivity contribution is 0.0978. The molecule has 0 atom stereocenters. The summed E-state index contributed by atoms with van der Waals surface area (Å²) < 4.78 is 34.0. The van der Waals surface area contributed by atoms with Crippen molar-refractivity contribution in [1.29, 1.82) is 0 Å². The van der Waals surface area contributed by atoms with Gasteiger partial charge in [-0.1, -0.05) is 37.6 Å². The number of nitrogen functional groups attached to an aromatic ring is 1. The number of carbonyl (C=O) groups excluding carboxylic acids is 1. The summed E-state index contributed by atoms with van der Waals surface area (Å²) in [4.78, 5) is 23.8. The predicted octanol–water partition coefficient (Wildman–Crippen LogP) is 4.30. The van der Waals surface area contributed by atoms with Gasteiger partial charge in [0.15, 0.2) is 5.03 Å². The van der Waals surface area contributed by atoms with Crippen LogP contribution in [0.5, 0.6) is 11.6 Å². The molecule has 10 heteroatoms. The van der Waals surface area contributed by atoms with Gasteiger partial charge in [-0.05, 0) is 68.5 Å². The van der Waals surface area contributed by atoms with Gasteiger partial charge >= 0.3 is 0 Å². The number of pyridine rings is 2. The Balaban J connectivity index is 2.09. The Morgan fingerprint density at radius 1 is 1.06 bits per heavy atom. The standard InChI is InChI=1S/C26H33N5O4S/c1-15(2)14-31(7)24-19(6)13-20(25(32)30-36(33,34)22-10-8-9-21(27)28-22)26(29-24)35-23-17(4)11-16(3)12-18(23)5/h8-13,15H,14H2,1-7H3,(H2,27,28)(H,30,32). The van der Waals surface area contributed by atoms with Crippen LogP contribution in [0, 0.1) is 33.6 Å². The van der Waals surface area contributed by atoms with Crippen molar-refractivity contribution in [3.8, 4) is 11.6 Å². The SMILES string of the molecule is Cc1cc(C)c(Oc2nc(N(C)CC(C)C)c(C)cc2C(=O)NS(=O)(=O)c2cccc(N)n2)c(C)c1. The Bertz CT molecular complexity index is 1380. The van der Waals surface area contributed by atoms with Crippen molar-refractivity contribution >= 4 is 27.6 Å². The second kappa shape index (κ2) is 10.5. The van der Waals surface area contributed by atoms with Crippen LogP contribution in [0.2, 0.25) is 0 Å². The van der Waals surface area contributed by atoms with Crippen molar-refractivity contribution < 1.29 is 17.9 Å². The molecule has 2 heterocycles. The Hall–Kier alpha value is -3.66. The Morgan fingerprint density at radius 2 is 1.69 bits per heavy atom. The molecule has 36 heavy (non-hydrogen) atoms. The molecule has 0 fully saturated rings. The normalized spacial score (nSPS) is 11.4. The van der Waals surface area contributed by atoms with E-state index in [-0.39, 0.29) is 22.3 Å². The number of nitrogens with zero attached hydrogens (tertiary/aromatic N) is 3. The van der Waals surface area contributed by atoms with E-state index < -0.39 is 15.9 Å². The van der Waals surface area contributed by atoms with E-state index in [4.69, 9.17) is 10.5 Å². The van der Waals surface area contributed by atoms with Gasteiger partial charge in [-0.15, -0.1) is 0 Å². The lowest BCUT2D eigenvalue weighted by atomic mass is 10.1. The number of sulfonamides is 1. The fourth-order valence-corrected chi connectivity index (χ4v) is 5.02. The fraction of sp³-hybridized carbons (Fsp3) is 0.346. The lowest BCUT2D eigenvalue weighted by Gasteiger charge is -2.24. The van der Waals surface area contributed by atoms with Gasteiger partial charge in [-0.25, -0.2) is 9.71 Å². The van der Waals surface area contributed by atoms with E-state index in [1.54, 1.807) is 6.07 Å². The molecule has 9 nitrogen and oxygen atoms in total. The largest absolute Gasteiger partial charge is 0.438 e. The summed E-state index contributed by atoms with van der Waals surface area (Å²) in [6.07, 6.45) is 0. The van der Waals surface area contributed by atoms with Gasteiger partial charge in [-0.2, -0.15) is 13.4 Å². The summed E-state index contributed by atoms with van der Waals surface area (Å²) in [7, 11) is -2.37. The molecule has 0 aliphatic heterocycles. The minimum absolute atomic E-state index is 0.00879. The number of hydrogen-bond acceptors (Lipinski definition) is 8. The number of amides is 1. The van der Waals surface area contributed by atoms with Gasteiger partial charge in [0.05, 0.1) is 0 Å². The molecule has 0 spiro atoms.